The molecule has 44 heavy (non-hydrogen) atoms. The fourth-order valence-corrected chi connectivity index (χ4v) is 7.28. The number of nitrogens with zero attached hydrogens (tertiary/aromatic N) is 4. The highest BCUT2D eigenvalue weighted by Gasteiger charge is 2.33. The SMILES string of the molecule is CCN1CCN(C)C(c2ccc(Nc3nc(-c4cccc(NC(=O)c5cc6c(s5)CCCC6)c4C)cn(C)c3=O)cc2)C1=O. The van der Waals surface area contributed by atoms with Crippen molar-refractivity contribution in [3.8, 4) is 11.3 Å². The van der Waals surface area contributed by atoms with Crippen molar-refractivity contribution in [2.45, 2.75) is 45.6 Å². The van der Waals surface area contributed by atoms with Crippen LogP contribution in [0.3, 0.4) is 0 Å². The predicted octanol–water partition coefficient (Wildman–Crippen LogP) is 5.53. The number of hydrogen-bond donors (Lipinski definition) is 2. The van der Waals surface area contributed by atoms with Gasteiger partial charge in [-0.15, -0.1) is 11.3 Å². The van der Waals surface area contributed by atoms with Crippen molar-refractivity contribution in [1.29, 1.82) is 0 Å². The number of anilines is 3. The molecule has 2 amide bonds. The van der Waals surface area contributed by atoms with Gasteiger partial charge in [-0.1, -0.05) is 24.3 Å². The molecule has 3 heterocycles. The van der Waals surface area contributed by atoms with Crippen molar-refractivity contribution >= 4 is 40.3 Å². The third-order valence-electron chi connectivity index (χ3n) is 8.73. The number of benzene rings is 2. The molecular formula is C34H38N6O3S. The van der Waals surface area contributed by atoms with Crippen molar-refractivity contribution in [3.63, 3.8) is 0 Å². The van der Waals surface area contributed by atoms with E-state index in [0.717, 1.165) is 47.5 Å². The van der Waals surface area contributed by atoms with Crippen LogP contribution in [-0.4, -0.2) is 57.8 Å². The minimum absolute atomic E-state index is 0.104. The highest BCUT2D eigenvalue weighted by Crippen LogP contribution is 2.32. The van der Waals surface area contributed by atoms with E-state index in [1.54, 1.807) is 24.6 Å². The Morgan fingerprint density at radius 2 is 1.82 bits per heavy atom. The second-order valence-electron chi connectivity index (χ2n) is 11.6. The van der Waals surface area contributed by atoms with Gasteiger partial charge in [0.15, 0.2) is 5.82 Å². The van der Waals surface area contributed by atoms with Crippen molar-refractivity contribution in [3.05, 3.63) is 91.5 Å². The number of nitrogens with one attached hydrogen (secondary N) is 2. The van der Waals surface area contributed by atoms with Crippen LogP contribution in [0.2, 0.25) is 0 Å². The fourth-order valence-electron chi connectivity index (χ4n) is 6.13. The maximum Gasteiger partial charge on any atom is 0.293 e. The molecule has 0 bridgehead atoms. The molecule has 6 rings (SSSR count). The average Bonchev–Trinajstić information content (AvgIpc) is 3.46. The lowest BCUT2D eigenvalue weighted by Crippen LogP contribution is -2.50. The molecule has 0 saturated carbocycles. The van der Waals surface area contributed by atoms with E-state index in [1.807, 2.05) is 74.3 Å². The molecule has 1 atom stereocenters. The third kappa shape index (κ3) is 5.79. The molecule has 1 aliphatic heterocycles. The number of aromatic nitrogens is 2. The Balaban J connectivity index is 1.23. The minimum Gasteiger partial charge on any atom is -0.340 e. The number of thiophene rings is 1. The number of likely N-dealkylation sites (N-methyl/N-ethyl adjacent to an activating group) is 2. The topological polar surface area (TPSA) is 99.6 Å². The van der Waals surface area contributed by atoms with Crippen LogP contribution >= 0.6 is 11.3 Å². The van der Waals surface area contributed by atoms with E-state index in [0.29, 0.717) is 23.6 Å². The lowest BCUT2D eigenvalue weighted by molar-refractivity contribution is -0.140. The van der Waals surface area contributed by atoms with Gasteiger partial charge >= 0.3 is 0 Å². The number of amides is 2. The van der Waals surface area contributed by atoms with Crippen molar-refractivity contribution in [1.82, 2.24) is 19.4 Å². The molecule has 1 saturated heterocycles. The van der Waals surface area contributed by atoms with E-state index in [-0.39, 0.29) is 29.2 Å². The Labute approximate surface area is 261 Å². The average molecular weight is 611 g/mol. The first kappa shape index (κ1) is 29.8. The summed E-state index contributed by atoms with van der Waals surface area (Å²) in [6, 6.07) is 15.0. The summed E-state index contributed by atoms with van der Waals surface area (Å²) in [6.45, 7) is 6.19. The van der Waals surface area contributed by atoms with Gasteiger partial charge in [-0.3, -0.25) is 19.3 Å². The van der Waals surface area contributed by atoms with Crippen LogP contribution < -0.4 is 16.2 Å². The zero-order valence-corrected chi connectivity index (χ0v) is 26.5. The van der Waals surface area contributed by atoms with Gasteiger partial charge in [0.05, 0.1) is 10.6 Å². The predicted molar refractivity (Wildman–Crippen MR) is 176 cm³/mol. The van der Waals surface area contributed by atoms with Gasteiger partial charge in [0.25, 0.3) is 11.5 Å². The summed E-state index contributed by atoms with van der Waals surface area (Å²) >= 11 is 1.59. The summed E-state index contributed by atoms with van der Waals surface area (Å²) in [4.78, 5) is 50.0. The monoisotopic (exact) mass is 610 g/mol. The molecule has 1 aliphatic carbocycles. The summed E-state index contributed by atoms with van der Waals surface area (Å²) < 4.78 is 1.51. The van der Waals surface area contributed by atoms with E-state index in [4.69, 9.17) is 4.98 Å². The largest absolute Gasteiger partial charge is 0.340 e. The van der Waals surface area contributed by atoms with E-state index >= 15 is 0 Å². The van der Waals surface area contributed by atoms with Crippen LogP contribution in [0.4, 0.5) is 17.2 Å². The van der Waals surface area contributed by atoms with Crippen LogP contribution in [0, 0.1) is 6.92 Å². The molecule has 10 heteroatoms. The number of aryl methyl sites for hydroxylation is 3. The van der Waals surface area contributed by atoms with Crippen LogP contribution in [0.5, 0.6) is 0 Å². The normalized spacial score (nSPS) is 17.0. The second kappa shape index (κ2) is 12.4. The molecule has 2 aromatic heterocycles. The second-order valence-corrected chi connectivity index (χ2v) is 12.8. The molecule has 0 spiro atoms. The lowest BCUT2D eigenvalue weighted by Gasteiger charge is -2.38. The molecule has 1 unspecified atom stereocenters. The number of piperazine rings is 1. The molecule has 9 nitrogen and oxygen atoms in total. The Morgan fingerprint density at radius 3 is 2.57 bits per heavy atom. The summed E-state index contributed by atoms with van der Waals surface area (Å²) in [5.41, 5.74) is 5.66. The van der Waals surface area contributed by atoms with Gasteiger partial charge in [-0.2, -0.15) is 0 Å². The van der Waals surface area contributed by atoms with Gasteiger partial charge in [-0.25, -0.2) is 4.98 Å². The number of fused-ring (bicyclic) bond motifs is 1. The van der Waals surface area contributed by atoms with E-state index < -0.39 is 0 Å². The van der Waals surface area contributed by atoms with Gasteiger partial charge in [0.1, 0.15) is 6.04 Å². The van der Waals surface area contributed by atoms with Crippen LogP contribution in [0.25, 0.3) is 11.3 Å². The first-order valence-corrected chi connectivity index (χ1v) is 16.0. The zero-order valence-electron chi connectivity index (χ0n) is 25.6. The highest BCUT2D eigenvalue weighted by molar-refractivity contribution is 7.14. The summed E-state index contributed by atoms with van der Waals surface area (Å²) in [6.07, 6.45) is 6.17. The summed E-state index contributed by atoms with van der Waals surface area (Å²) in [5, 5.41) is 6.29. The maximum atomic E-state index is 13.2. The van der Waals surface area contributed by atoms with Gasteiger partial charge in [0.2, 0.25) is 5.91 Å². The van der Waals surface area contributed by atoms with Crippen LogP contribution in [-0.2, 0) is 24.7 Å². The van der Waals surface area contributed by atoms with Gasteiger partial charge in [-0.05, 0) is 87.5 Å². The maximum absolute atomic E-state index is 13.2. The molecule has 1 fully saturated rings. The number of rotatable bonds is 7. The summed E-state index contributed by atoms with van der Waals surface area (Å²) in [5.74, 6) is 0.194. The number of hydrogen-bond acceptors (Lipinski definition) is 7. The fraction of sp³-hybridized carbons (Fsp3) is 0.353. The minimum atomic E-state index is -0.326. The van der Waals surface area contributed by atoms with Crippen molar-refractivity contribution < 1.29 is 9.59 Å². The standard InChI is InChI=1S/C34H38N6O3S/c1-5-40-18-17-38(3)30(33(40)42)22-13-15-24(16-14-22)35-31-34(43)39(4)20-27(36-31)25-10-8-11-26(21(25)2)37-32(41)29-19-23-9-6-7-12-28(23)44-29/h8,10-11,13-16,19-20,30H,5-7,9,12,17-18H2,1-4H3,(H,35,36)(H,37,41). The Bertz CT molecular complexity index is 1750. The van der Waals surface area contributed by atoms with Crippen molar-refractivity contribution in [2.75, 3.05) is 37.3 Å². The molecule has 228 valence electrons. The Kier molecular flexibility index (Phi) is 8.38. The molecule has 2 aliphatic rings. The van der Waals surface area contributed by atoms with E-state index in [9.17, 15) is 14.4 Å². The Hall–Kier alpha value is -4.28. The van der Waals surface area contributed by atoms with Crippen LogP contribution in [0.1, 0.15) is 57.0 Å². The first-order valence-electron chi connectivity index (χ1n) is 15.2. The smallest absolute Gasteiger partial charge is 0.293 e. The summed E-state index contributed by atoms with van der Waals surface area (Å²) in [7, 11) is 3.67. The quantitative estimate of drug-likeness (QED) is 0.286. The van der Waals surface area contributed by atoms with Crippen LogP contribution in [0.15, 0.2) is 59.5 Å². The lowest BCUT2D eigenvalue weighted by atomic mass is 9.99. The molecule has 2 aromatic carbocycles. The number of carbonyl (C=O) groups is 2. The molecule has 4 aromatic rings. The van der Waals surface area contributed by atoms with E-state index in [1.165, 1.54) is 27.8 Å². The van der Waals surface area contributed by atoms with Gasteiger partial charge < -0.3 is 20.1 Å². The molecule has 2 N–H and O–H groups in total. The Morgan fingerprint density at radius 1 is 1.05 bits per heavy atom. The first-order chi connectivity index (χ1) is 21.2. The van der Waals surface area contributed by atoms with Crippen molar-refractivity contribution in [2.24, 2.45) is 7.05 Å². The number of carbonyl (C=O) groups excluding carboxylic acids is 2. The zero-order chi connectivity index (χ0) is 31.0. The molecule has 0 radical (unpaired) electrons. The van der Waals surface area contributed by atoms with Gasteiger partial charge in [0, 0.05) is 54.7 Å². The highest BCUT2D eigenvalue weighted by atomic mass is 32.1. The molecular weight excluding hydrogens is 572 g/mol. The third-order valence-corrected chi connectivity index (χ3v) is 9.97. The van der Waals surface area contributed by atoms with E-state index in [2.05, 4.69) is 15.5 Å².